The van der Waals surface area contributed by atoms with Gasteiger partial charge in [0, 0.05) is 10.9 Å². The predicted octanol–water partition coefficient (Wildman–Crippen LogP) is 2.87. The van der Waals surface area contributed by atoms with Gasteiger partial charge in [-0.25, -0.2) is 4.98 Å². The molecule has 144 valence electrons. The van der Waals surface area contributed by atoms with E-state index in [1.165, 1.54) is 11.3 Å². The number of nitrogens with zero attached hydrogens (tertiary/aromatic N) is 1. The molecule has 1 atom stereocenters. The quantitative estimate of drug-likeness (QED) is 0.523. The van der Waals surface area contributed by atoms with Crippen LogP contribution in [0.1, 0.15) is 38.4 Å². The Morgan fingerprint density at radius 2 is 1.74 bits per heavy atom. The first kappa shape index (κ1) is 20.6. The summed E-state index contributed by atoms with van der Waals surface area (Å²) in [6, 6.07) is 8.92. The van der Waals surface area contributed by atoms with E-state index < -0.39 is 30.3 Å². The minimum atomic E-state index is -0.681. The first-order chi connectivity index (χ1) is 13.0. The molecule has 0 spiro atoms. The Bertz CT molecular complexity index is 775. The van der Waals surface area contributed by atoms with Gasteiger partial charge in [-0.05, 0) is 13.8 Å². The van der Waals surface area contributed by atoms with Crippen molar-refractivity contribution in [2.24, 2.45) is 0 Å². The van der Waals surface area contributed by atoms with Gasteiger partial charge in [-0.2, -0.15) is 0 Å². The van der Waals surface area contributed by atoms with E-state index in [0.29, 0.717) is 5.69 Å². The van der Waals surface area contributed by atoms with Crippen LogP contribution in [0.2, 0.25) is 0 Å². The van der Waals surface area contributed by atoms with Gasteiger partial charge in [-0.15, -0.1) is 11.3 Å². The Hall–Kier alpha value is -2.74. The summed E-state index contributed by atoms with van der Waals surface area (Å²) in [4.78, 5) is 40.1. The molecule has 1 N–H and O–H groups in total. The van der Waals surface area contributed by atoms with Gasteiger partial charge in [-0.1, -0.05) is 30.3 Å². The molecule has 8 heteroatoms. The van der Waals surface area contributed by atoms with Crippen molar-refractivity contribution >= 4 is 29.2 Å². The molecule has 0 fully saturated rings. The van der Waals surface area contributed by atoms with E-state index in [4.69, 9.17) is 9.47 Å². The van der Waals surface area contributed by atoms with Gasteiger partial charge >= 0.3 is 11.9 Å². The molecule has 1 heterocycles. The van der Waals surface area contributed by atoms with Crippen LogP contribution in [0.15, 0.2) is 35.7 Å². The fourth-order valence-corrected chi connectivity index (χ4v) is 3.24. The summed E-state index contributed by atoms with van der Waals surface area (Å²) < 4.78 is 9.76. The van der Waals surface area contributed by atoms with Crippen LogP contribution in [0.25, 0.3) is 10.6 Å². The second kappa shape index (κ2) is 10.4. The molecule has 0 aliphatic carbocycles. The van der Waals surface area contributed by atoms with E-state index in [1.807, 2.05) is 30.3 Å². The number of esters is 2. The zero-order valence-corrected chi connectivity index (χ0v) is 16.1. The number of nitrogens with one attached hydrogen (secondary N) is 1. The molecule has 1 amide bonds. The normalized spacial score (nSPS) is 11.5. The van der Waals surface area contributed by atoms with Crippen LogP contribution in [0, 0.1) is 0 Å². The summed E-state index contributed by atoms with van der Waals surface area (Å²) in [6.07, 6.45) is -0.483. The SMILES string of the molecule is CCOC(=O)CC(=O)NC(CC(=O)OCC)c1csc(-c2ccccc2)n1. The van der Waals surface area contributed by atoms with Crippen LogP contribution < -0.4 is 5.32 Å². The fraction of sp³-hybridized carbons (Fsp3) is 0.368. The minimum absolute atomic E-state index is 0.0691. The molecule has 0 bridgehead atoms. The van der Waals surface area contributed by atoms with Gasteiger partial charge in [-0.3, -0.25) is 14.4 Å². The number of benzene rings is 1. The van der Waals surface area contributed by atoms with Crippen LogP contribution in [-0.4, -0.2) is 36.0 Å². The Kier molecular flexibility index (Phi) is 7.94. The average molecular weight is 390 g/mol. The van der Waals surface area contributed by atoms with Gasteiger partial charge < -0.3 is 14.8 Å². The molecule has 2 aromatic rings. The lowest BCUT2D eigenvalue weighted by molar-refractivity contribution is -0.146. The summed E-state index contributed by atoms with van der Waals surface area (Å²) in [6.45, 7) is 3.82. The first-order valence-corrected chi connectivity index (χ1v) is 9.52. The highest BCUT2D eigenvalue weighted by molar-refractivity contribution is 7.13. The molecule has 2 rings (SSSR count). The summed E-state index contributed by atoms with van der Waals surface area (Å²) in [5.41, 5.74) is 1.49. The van der Waals surface area contributed by atoms with Crippen molar-refractivity contribution in [3.8, 4) is 10.6 Å². The highest BCUT2D eigenvalue weighted by Crippen LogP contribution is 2.27. The molecule has 0 saturated heterocycles. The molecular weight excluding hydrogens is 368 g/mol. The van der Waals surface area contributed by atoms with Crippen LogP contribution >= 0.6 is 11.3 Å². The molecule has 0 saturated carbocycles. The third-order valence-electron chi connectivity index (χ3n) is 3.52. The number of aromatic nitrogens is 1. The third kappa shape index (κ3) is 6.49. The number of hydrogen-bond donors (Lipinski definition) is 1. The molecule has 0 aliphatic rings. The molecular formula is C19H22N2O5S. The number of hydrogen-bond acceptors (Lipinski definition) is 7. The number of rotatable bonds is 9. The molecule has 7 nitrogen and oxygen atoms in total. The summed E-state index contributed by atoms with van der Waals surface area (Å²) in [5, 5.41) is 5.25. The van der Waals surface area contributed by atoms with Crippen molar-refractivity contribution in [3.63, 3.8) is 0 Å². The highest BCUT2D eigenvalue weighted by Gasteiger charge is 2.23. The van der Waals surface area contributed by atoms with Crippen molar-refractivity contribution in [2.45, 2.75) is 32.7 Å². The fourth-order valence-electron chi connectivity index (χ4n) is 2.36. The maximum absolute atomic E-state index is 12.1. The Labute approximate surface area is 161 Å². The van der Waals surface area contributed by atoms with E-state index in [-0.39, 0.29) is 19.6 Å². The lowest BCUT2D eigenvalue weighted by Crippen LogP contribution is -2.32. The van der Waals surface area contributed by atoms with Gasteiger partial charge in [0.1, 0.15) is 11.4 Å². The lowest BCUT2D eigenvalue weighted by atomic mass is 10.1. The number of ether oxygens (including phenoxy) is 2. The summed E-state index contributed by atoms with van der Waals surface area (Å²) >= 11 is 1.41. The monoisotopic (exact) mass is 390 g/mol. The van der Waals surface area contributed by atoms with E-state index in [0.717, 1.165) is 10.6 Å². The molecule has 1 unspecified atom stereocenters. The molecule has 0 radical (unpaired) electrons. The van der Waals surface area contributed by atoms with E-state index >= 15 is 0 Å². The predicted molar refractivity (Wildman–Crippen MR) is 101 cm³/mol. The number of carbonyl (C=O) groups is 3. The maximum atomic E-state index is 12.1. The zero-order chi connectivity index (χ0) is 19.6. The average Bonchev–Trinajstić information content (AvgIpc) is 3.12. The van der Waals surface area contributed by atoms with Crippen molar-refractivity contribution in [3.05, 3.63) is 41.4 Å². The van der Waals surface area contributed by atoms with Gasteiger partial charge in [0.05, 0.1) is 31.4 Å². The first-order valence-electron chi connectivity index (χ1n) is 8.64. The standard InChI is InChI=1S/C19H22N2O5S/c1-3-25-17(23)10-14(20-16(22)11-18(24)26-4-2)15-12-27-19(21-15)13-8-6-5-7-9-13/h5-9,12,14H,3-4,10-11H2,1-2H3,(H,20,22). The van der Waals surface area contributed by atoms with Crippen molar-refractivity contribution in [1.29, 1.82) is 0 Å². The maximum Gasteiger partial charge on any atom is 0.315 e. The number of thiazole rings is 1. The Morgan fingerprint density at radius 1 is 1.07 bits per heavy atom. The second-order valence-corrected chi connectivity index (χ2v) is 6.41. The van der Waals surface area contributed by atoms with Gasteiger partial charge in [0.25, 0.3) is 0 Å². The zero-order valence-electron chi connectivity index (χ0n) is 15.3. The lowest BCUT2D eigenvalue weighted by Gasteiger charge is -2.16. The van der Waals surface area contributed by atoms with Crippen LogP contribution in [0.4, 0.5) is 0 Å². The minimum Gasteiger partial charge on any atom is -0.466 e. The van der Waals surface area contributed by atoms with Gasteiger partial charge in [0.2, 0.25) is 5.91 Å². The van der Waals surface area contributed by atoms with Crippen molar-refractivity contribution in [2.75, 3.05) is 13.2 Å². The van der Waals surface area contributed by atoms with E-state index in [2.05, 4.69) is 10.3 Å². The number of amides is 1. The van der Waals surface area contributed by atoms with Crippen molar-refractivity contribution in [1.82, 2.24) is 10.3 Å². The summed E-state index contributed by atoms with van der Waals surface area (Å²) in [7, 11) is 0. The highest BCUT2D eigenvalue weighted by atomic mass is 32.1. The molecule has 1 aromatic carbocycles. The molecule has 1 aromatic heterocycles. The summed E-state index contributed by atoms with van der Waals surface area (Å²) in [5.74, 6) is -1.60. The topological polar surface area (TPSA) is 94.6 Å². The molecule has 0 aliphatic heterocycles. The third-order valence-corrected chi connectivity index (χ3v) is 4.43. The van der Waals surface area contributed by atoms with E-state index in [1.54, 1.807) is 19.2 Å². The van der Waals surface area contributed by atoms with Crippen molar-refractivity contribution < 1.29 is 23.9 Å². The largest absolute Gasteiger partial charge is 0.466 e. The van der Waals surface area contributed by atoms with Crippen LogP contribution in [0.3, 0.4) is 0 Å². The molecule has 27 heavy (non-hydrogen) atoms. The Balaban J connectivity index is 2.14. The smallest absolute Gasteiger partial charge is 0.315 e. The Morgan fingerprint density at radius 3 is 2.41 bits per heavy atom. The second-order valence-electron chi connectivity index (χ2n) is 5.55. The van der Waals surface area contributed by atoms with Crippen LogP contribution in [-0.2, 0) is 23.9 Å². The van der Waals surface area contributed by atoms with Gasteiger partial charge in [0.15, 0.2) is 0 Å². The number of carbonyl (C=O) groups excluding carboxylic acids is 3. The van der Waals surface area contributed by atoms with E-state index in [9.17, 15) is 14.4 Å². The van der Waals surface area contributed by atoms with Crippen LogP contribution in [0.5, 0.6) is 0 Å².